The Labute approximate surface area is 188 Å². The zero-order valence-corrected chi connectivity index (χ0v) is 18.0. The zero-order chi connectivity index (χ0) is 22.3. The first kappa shape index (κ1) is 21.4. The molecule has 6 heteroatoms. The van der Waals surface area contributed by atoms with Crippen molar-refractivity contribution in [3.05, 3.63) is 90.0 Å². The van der Waals surface area contributed by atoms with Gasteiger partial charge in [0, 0.05) is 17.3 Å². The van der Waals surface area contributed by atoms with Gasteiger partial charge in [0.1, 0.15) is 11.8 Å². The van der Waals surface area contributed by atoms with E-state index < -0.39 is 6.04 Å². The van der Waals surface area contributed by atoms with Crippen molar-refractivity contribution >= 4 is 23.2 Å². The second kappa shape index (κ2) is 10.0. The highest BCUT2D eigenvalue weighted by Gasteiger charge is 2.25. The molecule has 0 radical (unpaired) electrons. The summed E-state index contributed by atoms with van der Waals surface area (Å²) in [5.41, 5.74) is 2.68. The molecule has 6 nitrogen and oxygen atoms in total. The molecule has 0 spiro atoms. The Morgan fingerprint density at radius 1 is 0.969 bits per heavy atom. The van der Waals surface area contributed by atoms with Crippen molar-refractivity contribution in [1.29, 1.82) is 0 Å². The molecule has 0 aliphatic heterocycles. The number of carbonyl (C=O) groups excluding carboxylic acids is 2. The van der Waals surface area contributed by atoms with Gasteiger partial charge in [-0.15, -0.1) is 0 Å². The predicted octanol–water partition coefficient (Wildman–Crippen LogP) is 4.77. The smallest absolute Gasteiger partial charge is 0.251 e. The van der Waals surface area contributed by atoms with Crippen molar-refractivity contribution in [2.45, 2.75) is 31.8 Å². The number of ether oxygens (including phenoxy) is 1. The lowest BCUT2D eigenvalue weighted by Gasteiger charge is -2.21. The molecule has 0 bridgehead atoms. The van der Waals surface area contributed by atoms with Gasteiger partial charge in [-0.3, -0.25) is 9.59 Å². The molecule has 1 atom stereocenters. The van der Waals surface area contributed by atoms with E-state index in [2.05, 4.69) is 16.0 Å². The van der Waals surface area contributed by atoms with Gasteiger partial charge in [-0.25, -0.2) is 0 Å². The maximum absolute atomic E-state index is 13.3. The summed E-state index contributed by atoms with van der Waals surface area (Å²) < 4.78 is 5.64. The Kier molecular flexibility index (Phi) is 6.70. The van der Waals surface area contributed by atoms with Crippen LogP contribution in [0.4, 0.5) is 11.4 Å². The first-order valence-electron chi connectivity index (χ1n) is 10.9. The summed E-state index contributed by atoms with van der Waals surface area (Å²) in [5.74, 6) is 0.299. The molecule has 0 aromatic heterocycles. The second-order valence-corrected chi connectivity index (χ2v) is 7.73. The van der Waals surface area contributed by atoms with E-state index in [0.29, 0.717) is 29.3 Å². The van der Waals surface area contributed by atoms with Crippen LogP contribution in [-0.2, 0) is 4.79 Å². The zero-order valence-electron chi connectivity index (χ0n) is 18.0. The molecule has 3 aromatic carbocycles. The normalized spacial score (nSPS) is 13.7. The Morgan fingerprint density at radius 3 is 2.47 bits per heavy atom. The monoisotopic (exact) mass is 429 g/mol. The summed E-state index contributed by atoms with van der Waals surface area (Å²) in [7, 11) is 0. The predicted molar refractivity (Wildman–Crippen MR) is 126 cm³/mol. The summed E-state index contributed by atoms with van der Waals surface area (Å²) >= 11 is 0. The quantitative estimate of drug-likeness (QED) is 0.458. The molecule has 1 saturated carbocycles. The minimum absolute atomic E-state index is 0.0949. The number of hydrogen-bond donors (Lipinski definition) is 3. The first-order chi connectivity index (χ1) is 15.6. The van der Waals surface area contributed by atoms with Crippen LogP contribution in [0.2, 0.25) is 0 Å². The average molecular weight is 430 g/mol. The van der Waals surface area contributed by atoms with Crippen LogP contribution in [0, 0.1) is 0 Å². The molecular weight excluding hydrogens is 402 g/mol. The van der Waals surface area contributed by atoms with E-state index in [4.69, 9.17) is 4.74 Å². The van der Waals surface area contributed by atoms with Crippen LogP contribution >= 0.6 is 0 Å². The molecule has 3 N–H and O–H groups in total. The minimum Gasteiger partial charge on any atom is -0.492 e. The van der Waals surface area contributed by atoms with E-state index in [9.17, 15) is 9.59 Å². The number of nitrogens with one attached hydrogen (secondary N) is 3. The van der Waals surface area contributed by atoms with Crippen LogP contribution in [-0.4, -0.2) is 24.5 Å². The number of anilines is 2. The lowest BCUT2D eigenvalue weighted by Crippen LogP contribution is -2.28. The molecule has 1 aliphatic rings. The van der Waals surface area contributed by atoms with E-state index in [0.717, 1.165) is 18.4 Å². The van der Waals surface area contributed by atoms with Gasteiger partial charge in [0.15, 0.2) is 0 Å². The third-order valence-corrected chi connectivity index (χ3v) is 5.19. The highest BCUT2D eigenvalue weighted by Crippen LogP contribution is 2.27. The molecule has 4 rings (SSSR count). The third kappa shape index (κ3) is 5.46. The van der Waals surface area contributed by atoms with Gasteiger partial charge in [-0.2, -0.15) is 0 Å². The number of hydrogen-bond acceptors (Lipinski definition) is 4. The van der Waals surface area contributed by atoms with Gasteiger partial charge in [-0.05, 0) is 55.7 Å². The lowest BCUT2D eigenvalue weighted by molar-refractivity contribution is -0.117. The molecule has 3 aromatic rings. The van der Waals surface area contributed by atoms with E-state index in [1.54, 1.807) is 12.1 Å². The third-order valence-electron chi connectivity index (χ3n) is 5.19. The summed E-state index contributed by atoms with van der Waals surface area (Å²) in [4.78, 5) is 25.8. The Hall–Kier alpha value is -3.80. The van der Waals surface area contributed by atoms with Gasteiger partial charge in [0.25, 0.3) is 11.8 Å². The summed E-state index contributed by atoms with van der Waals surface area (Å²) in [6, 6.07) is 23.7. The van der Waals surface area contributed by atoms with Gasteiger partial charge < -0.3 is 20.7 Å². The standard InChI is InChI=1S/C26H27N3O3/c1-2-32-23-14-7-6-13-22(23)29-26(31)24(18-9-4-3-5-10-18)27-21-12-8-11-19(17-21)25(30)28-20-15-16-20/h3-14,17,20,24,27H,2,15-16H2,1H3,(H,28,30)(H,29,31). The fourth-order valence-corrected chi connectivity index (χ4v) is 3.42. The molecule has 1 unspecified atom stereocenters. The summed E-state index contributed by atoms with van der Waals surface area (Å²) in [6.07, 6.45) is 2.06. The number of carbonyl (C=O) groups is 2. The number of rotatable bonds is 9. The van der Waals surface area contributed by atoms with E-state index in [-0.39, 0.29) is 17.9 Å². The summed E-state index contributed by atoms with van der Waals surface area (Å²) in [6.45, 7) is 2.41. The van der Waals surface area contributed by atoms with Crippen LogP contribution in [0.1, 0.15) is 41.7 Å². The van der Waals surface area contributed by atoms with Crippen molar-refractivity contribution in [3.8, 4) is 5.75 Å². The maximum atomic E-state index is 13.3. The van der Waals surface area contributed by atoms with E-state index >= 15 is 0 Å². The molecule has 1 aliphatic carbocycles. The first-order valence-corrected chi connectivity index (χ1v) is 10.9. The Balaban J connectivity index is 1.57. The van der Waals surface area contributed by atoms with Gasteiger partial charge in [0.2, 0.25) is 0 Å². The number of benzene rings is 3. The van der Waals surface area contributed by atoms with E-state index in [1.807, 2.05) is 73.7 Å². The van der Waals surface area contributed by atoms with Crippen molar-refractivity contribution in [2.75, 3.05) is 17.2 Å². The fourth-order valence-electron chi connectivity index (χ4n) is 3.42. The SMILES string of the molecule is CCOc1ccccc1NC(=O)C(Nc1cccc(C(=O)NC2CC2)c1)c1ccccc1. The van der Waals surface area contributed by atoms with Gasteiger partial charge in [-0.1, -0.05) is 48.5 Å². The van der Waals surface area contributed by atoms with Crippen LogP contribution in [0.25, 0.3) is 0 Å². The topological polar surface area (TPSA) is 79.5 Å². The van der Waals surface area contributed by atoms with Crippen LogP contribution in [0.15, 0.2) is 78.9 Å². The van der Waals surface area contributed by atoms with Crippen molar-refractivity contribution < 1.29 is 14.3 Å². The molecular formula is C26H27N3O3. The largest absolute Gasteiger partial charge is 0.492 e. The Morgan fingerprint density at radius 2 is 1.72 bits per heavy atom. The number of para-hydroxylation sites is 2. The van der Waals surface area contributed by atoms with Crippen LogP contribution < -0.4 is 20.7 Å². The highest BCUT2D eigenvalue weighted by atomic mass is 16.5. The molecule has 2 amide bonds. The Bertz CT molecular complexity index is 1080. The second-order valence-electron chi connectivity index (χ2n) is 7.73. The van der Waals surface area contributed by atoms with Crippen molar-refractivity contribution in [1.82, 2.24) is 5.32 Å². The van der Waals surface area contributed by atoms with Crippen molar-refractivity contribution in [2.24, 2.45) is 0 Å². The molecule has 164 valence electrons. The highest BCUT2D eigenvalue weighted by molar-refractivity contribution is 5.99. The molecule has 0 heterocycles. The van der Waals surface area contributed by atoms with E-state index in [1.165, 1.54) is 0 Å². The average Bonchev–Trinajstić information content (AvgIpc) is 3.63. The van der Waals surface area contributed by atoms with Crippen molar-refractivity contribution in [3.63, 3.8) is 0 Å². The van der Waals surface area contributed by atoms with Gasteiger partial charge >= 0.3 is 0 Å². The molecule has 0 saturated heterocycles. The maximum Gasteiger partial charge on any atom is 0.251 e. The number of amides is 2. The summed E-state index contributed by atoms with van der Waals surface area (Å²) in [5, 5.41) is 9.27. The molecule has 1 fully saturated rings. The minimum atomic E-state index is -0.660. The van der Waals surface area contributed by atoms with Gasteiger partial charge in [0.05, 0.1) is 12.3 Å². The molecule has 32 heavy (non-hydrogen) atoms. The fraction of sp³-hybridized carbons (Fsp3) is 0.231. The van der Waals surface area contributed by atoms with Crippen LogP contribution in [0.5, 0.6) is 5.75 Å². The lowest BCUT2D eigenvalue weighted by atomic mass is 10.0. The van der Waals surface area contributed by atoms with Crippen LogP contribution in [0.3, 0.4) is 0 Å².